The van der Waals surface area contributed by atoms with E-state index in [0.29, 0.717) is 41.9 Å². The van der Waals surface area contributed by atoms with Gasteiger partial charge in [-0.2, -0.15) is 10.5 Å². The number of rotatable bonds is 6. The topological polar surface area (TPSA) is 101 Å². The van der Waals surface area contributed by atoms with Crippen molar-refractivity contribution in [1.29, 1.82) is 10.5 Å². The Balaban J connectivity index is 1.81. The number of halogens is 2. The van der Waals surface area contributed by atoms with E-state index in [0.717, 1.165) is 0 Å². The van der Waals surface area contributed by atoms with E-state index in [1.807, 2.05) is 28.9 Å². The Labute approximate surface area is 225 Å². The van der Waals surface area contributed by atoms with Crippen LogP contribution in [0.15, 0.2) is 69.9 Å². The van der Waals surface area contributed by atoms with Crippen LogP contribution in [0.1, 0.15) is 36.7 Å². The summed E-state index contributed by atoms with van der Waals surface area (Å²) in [7, 11) is 1.56. The molecule has 10 heteroatoms. The summed E-state index contributed by atoms with van der Waals surface area (Å²) in [4.78, 5) is 25.5. The number of aromatic nitrogens is 2. The van der Waals surface area contributed by atoms with Crippen molar-refractivity contribution in [2.75, 3.05) is 24.5 Å². The van der Waals surface area contributed by atoms with E-state index < -0.39 is 23.2 Å². The highest BCUT2D eigenvalue weighted by molar-refractivity contribution is 5.92. The molecule has 1 saturated heterocycles. The first kappa shape index (κ1) is 27.4. The van der Waals surface area contributed by atoms with Crippen LogP contribution in [0, 0.1) is 28.5 Å². The third-order valence-corrected chi connectivity index (χ3v) is 6.94. The predicted molar refractivity (Wildman–Crippen MR) is 146 cm³/mol. The van der Waals surface area contributed by atoms with Gasteiger partial charge in [0, 0.05) is 32.7 Å². The van der Waals surface area contributed by atoms with Gasteiger partial charge in [-0.05, 0) is 56.5 Å². The molecular formula is C29H27F2N7O. The molecule has 8 nitrogen and oxygen atoms in total. The first-order valence-corrected chi connectivity index (χ1v) is 12.3. The number of anilines is 1. The molecule has 39 heavy (non-hydrogen) atoms. The highest BCUT2D eigenvalue weighted by Crippen LogP contribution is 2.37. The molecule has 1 aromatic carbocycles. The quantitative estimate of drug-likeness (QED) is 0.345. The molecule has 0 bridgehead atoms. The lowest BCUT2D eigenvalue weighted by Gasteiger charge is -2.45. The summed E-state index contributed by atoms with van der Waals surface area (Å²) < 4.78 is 30.3. The van der Waals surface area contributed by atoms with Crippen molar-refractivity contribution in [1.82, 2.24) is 14.5 Å². The molecular weight excluding hydrogens is 500 g/mol. The Morgan fingerprint density at radius 2 is 1.92 bits per heavy atom. The van der Waals surface area contributed by atoms with E-state index >= 15 is 4.39 Å². The van der Waals surface area contributed by atoms with Gasteiger partial charge in [0.1, 0.15) is 40.6 Å². The molecule has 4 rings (SSSR count). The molecule has 0 spiro atoms. The van der Waals surface area contributed by atoms with E-state index in [2.05, 4.69) is 16.7 Å². The Morgan fingerprint density at radius 3 is 2.51 bits per heavy atom. The van der Waals surface area contributed by atoms with Crippen molar-refractivity contribution in [3.05, 3.63) is 93.1 Å². The highest BCUT2D eigenvalue weighted by atomic mass is 19.1. The normalized spacial score (nSPS) is 17.5. The molecule has 2 atom stereocenters. The number of pyridine rings is 2. The van der Waals surface area contributed by atoms with Gasteiger partial charge in [-0.1, -0.05) is 18.2 Å². The molecule has 0 N–H and O–H groups in total. The molecule has 1 aliphatic heterocycles. The number of piperazine rings is 1. The fraction of sp³-hybridized carbons (Fsp3) is 0.276. The molecule has 2 aromatic heterocycles. The number of allylic oxidation sites excluding steroid dienone is 3. The fourth-order valence-electron chi connectivity index (χ4n) is 5.10. The minimum Gasteiger partial charge on any atom is -0.366 e. The molecule has 3 aromatic rings. The summed E-state index contributed by atoms with van der Waals surface area (Å²) in [5, 5.41) is 19.4. The van der Waals surface area contributed by atoms with Crippen LogP contribution in [0.25, 0.3) is 11.0 Å². The second-order valence-electron chi connectivity index (χ2n) is 9.25. The number of nitriles is 2. The standard InChI is InChI=1S/C29H27F2N7O/c1-5-6-23(31)25(34-3)27(19-7-9-20(30)10-8-19)38-14-13-37(17-18(38)2)28-22(16-33)29(39)36(4)24-12-11-21(15-32)35-26(24)28/h5-12,18,27H,3,13-14,17H2,1-2,4H3/b6-5-,25-23+/t18-,27?/m1/s1. The zero-order valence-corrected chi connectivity index (χ0v) is 21.9. The molecule has 0 aliphatic carbocycles. The Bertz CT molecular complexity index is 1630. The molecule has 0 saturated carbocycles. The third-order valence-electron chi connectivity index (χ3n) is 6.94. The highest BCUT2D eigenvalue weighted by Gasteiger charge is 2.35. The van der Waals surface area contributed by atoms with Gasteiger partial charge in [0.05, 0.1) is 22.9 Å². The van der Waals surface area contributed by atoms with Crippen LogP contribution in [0.5, 0.6) is 0 Å². The Kier molecular flexibility index (Phi) is 7.99. The minimum atomic E-state index is -0.657. The van der Waals surface area contributed by atoms with Crippen LogP contribution in [-0.2, 0) is 7.05 Å². The average molecular weight is 528 g/mol. The number of benzene rings is 1. The van der Waals surface area contributed by atoms with Crippen LogP contribution in [0.4, 0.5) is 14.5 Å². The number of fused-ring (bicyclic) bond motifs is 1. The van der Waals surface area contributed by atoms with Crippen molar-refractivity contribution in [2.45, 2.75) is 25.9 Å². The van der Waals surface area contributed by atoms with Crippen molar-refractivity contribution in [3.63, 3.8) is 0 Å². The van der Waals surface area contributed by atoms with Crippen molar-refractivity contribution in [2.24, 2.45) is 12.0 Å². The lowest BCUT2D eigenvalue weighted by Crippen LogP contribution is -2.54. The monoisotopic (exact) mass is 527 g/mol. The average Bonchev–Trinajstić information content (AvgIpc) is 2.94. The van der Waals surface area contributed by atoms with Gasteiger partial charge in [0.25, 0.3) is 5.56 Å². The Hall–Kier alpha value is -4.67. The van der Waals surface area contributed by atoms with E-state index in [1.54, 1.807) is 38.2 Å². The Morgan fingerprint density at radius 1 is 1.21 bits per heavy atom. The maximum absolute atomic E-state index is 15.2. The number of aryl methyl sites for hydroxylation is 1. The van der Waals surface area contributed by atoms with Crippen molar-refractivity contribution < 1.29 is 8.78 Å². The summed E-state index contributed by atoms with van der Waals surface area (Å²) in [6.07, 6.45) is 2.88. The van der Waals surface area contributed by atoms with Gasteiger partial charge in [-0.15, -0.1) is 0 Å². The number of aliphatic imine (C=N–C) groups is 1. The summed E-state index contributed by atoms with van der Waals surface area (Å²) in [6, 6.07) is 12.2. The molecule has 1 unspecified atom stereocenters. The van der Waals surface area contributed by atoms with E-state index in [4.69, 9.17) is 0 Å². The predicted octanol–water partition coefficient (Wildman–Crippen LogP) is 4.53. The van der Waals surface area contributed by atoms with E-state index in [-0.39, 0.29) is 23.0 Å². The first-order chi connectivity index (χ1) is 18.7. The van der Waals surface area contributed by atoms with Crippen LogP contribution < -0.4 is 10.5 Å². The van der Waals surface area contributed by atoms with Crippen LogP contribution in [0.2, 0.25) is 0 Å². The summed E-state index contributed by atoms with van der Waals surface area (Å²) in [6.45, 7) is 8.37. The van der Waals surface area contributed by atoms with Crippen LogP contribution in [-0.4, -0.2) is 46.8 Å². The minimum absolute atomic E-state index is 0.0594. The zero-order valence-electron chi connectivity index (χ0n) is 21.9. The first-order valence-electron chi connectivity index (χ1n) is 12.3. The van der Waals surface area contributed by atoms with Gasteiger partial charge in [-0.3, -0.25) is 14.7 Å². The van der Waals surface area contributed by atoms with Gasteiger partial charge in [-0.25, -0.2) is 13.8 Å². The van der Waals surface area contributed by atoms with Crippen molar-refractivity contribution in [3.8, 4) is 12.1 Å². The van der Waals surface area contributed by atoms with Crippen LogP contribution in [0.3, 0.4) is 0 Å². The molecule has 0 amide bonds. The van der Waals surface area contributed by atoms with Gasteiger partial charge < -0.3 is 9.47 Å². The molecule has 0 radical (unpaired) electrons. The summed E-state index contributed by atoms with van der Waals surface area (Å²) >= 11 is 0. The molecule has 198 valence electrons. The summed E-state index contributed by atoms with van der Waals surface area (Å²) in [5.74, 6) is -0.957. The summed E-state index contributed by atoms with van der Waals surface area (Å²) in [5.41, 5.74) is 1.66. The fourth-order valence-corrected chi connectivity index (χ4v) is 5.10. The second-order valence-corrected chi connectivity index (χ2v) is 9.25. The lowest BCUT2D eigenvalue weighted by molar-refractivity contribution is 0.145. The second kappa shape index (κ2) is 11.4. The maximum atomic E-state index is 15.2. The lowest BCUT2D eigenvalue weighted by atomic mass is 9.97. The number of hydrogen-bond acceptors (Lipinski definition) is 7. The smallest absolute Gasteiger partial charge is 0.270 e. The third kappa shape index (κ3) is 5.07. The maximum Gasteiger partial charge on any atom is 0.270 e. The molecule has 3 heterocycles. The number of hydrogen-bond donors (Lipinski definition) is 0. The number of nitrogens with zero attached hydrogens (tertiary/aromatic N) is 7. The van der Waals surface area contributed by atoms with Gasteiger partial charge >= 0.3 is 0 Å². The largest absolute Gasteiger partial charge is 0.366 e. The molecule has 1 fully saturated rings. The van der Waals surface area contributed by atoms with E-state index in [1.165, 1.54) is 28.8 Å². The molecule has 1 aliphatic rings. The van der Waals surface area contributed by atoms with Gasteiger partial charge in [0.2, 0.25) is 0 Å². The van der Waals surface area contributed by atoms with Crippen LogP contribution >= 0.6 is 0 Å². The van der Waals surface area contributed by atoms with Gasteiger partial charge in [0.15, 0.2) is 0 Å². The zero-order chi connectivity index (χ0) is 28.3. The van der Waals surface area contributed by atoms with E-state index in [9.17, 15) is 19.7 Å². The SMILES string of the molecule is C=N/C(=C(F)\C=C/C)C(c1ccc(F)cc1)N1CCN(c2c(C#N)c(=O)n(C)c3ccc(C#N)nc23)C[C@H]1C. The van der Waals surface area contributed by atoms with Crippen molar-refractivity contribution >= 4 is 23.4 Å².